The second kappa shape index (κ2) is 13.7. The zero-order chi connectivity index (χ0) is 33.1. The van der Waals surface area contributed by atoms with Crippen LogP contribution in [0.15, 0.2) is 65.9 Å². The third-order valence-corrected chi connectivity index (χ3v) is 8.65. The predicted molar refractivity (Wildman–Crippen MR) is 160 cm³/mol. The van der Waals surface area contributed by atoms with Crippen molar-refractivity contribution in [2.45, 2.75) is 18.9 Å². The lowest BCUT2D eigenvalue weighted by Gasteiger charge is -2.55. The quantitative estimate of drug-likeness (QED) is 0.195. The number of methoxy groups -OCH3 is 4. The first-order valence-corrected chi connectivity index (χ1v) is 14.3. The van der Waals surface area contributed by atoms with Gasteiger partial charge in [0.2, 0.25) is 0 Å². The molecule has 2 aliphatic rings. The molecular formula is C33H33ClO11. The van der Waals surface area contributed by atoms with Crippen LogP contribution in [-0.2, 0) is 47.7 Å². The van der Waals surface area contributed by atoms with E-state index in [0.29, 0.717) is 16.1 Å². The molecule has 1 unspecified atom stereocenters. The molecule has 2 aromatic carbocycles. The summed E-state index contributed by atoms with van der Waals surface area (Å²) < 4.78 is 26.0. The van der Waals surface area contributed by atoms with Crippen molar-refractivity contribution < 1.29 is 52.8 Å². The zero-order valence-electron chi connectivity index (χ0n) is 25.3. The van der Waals surface area contributed by atoms with Crippen molar-refractivity contribution in [3.8, 4) is 0 Å². The number of hydrogen-bond acceptors (Lipinski definition) is 11. The summed E-state index contributed by atoms with van der Waals surface area (Å²) in [5.74, 6) is -12.8. The first-order valence-electron chi connectivity index (χ1n) is 14.0. The topological polar surface area (TPSA) is 152 Å². The van der Waals surface area contributed by atoms with E-state index in [9.17, 15) is 29.1 Å². The molecule has 0 aliphatic heterocycles. The van der Waals surface area contributed by atoms with Gasteiger partial charge in [0.25, 0.3) is 0 Å². The van der Waals surface area contributed by atoms with Crippen molar-refractivity contribution in [3.05, 3.63) is 82.1 Å². The molecule has 0 radical (unpaired) electrons. The van der Waals surface area contributed by atoms with Crippen LogP contribution in [0.3, 0.4) is 0 Å². The number of fused-ring (bicyclic) bond motifs is 2. The van der Waals surface area contributed by atoms with Gasteiger partial charge < -0.3 is 28.8 Å². The molecule has 6 atom stereocenters. The van der Waals surface area contributed by atoms with E-state index in [1.54, 1.807) is 61.5 Å². The summed E-state index contributed by atoms with van der Waals surface area (Å²) >= 11 is 6.09. The van der Waals surface area contributed by atoms with E-state index in [4.69, 9.17) is 35.3 Å². The van der Waals surface area contributed by atoms with Gasteiger partial charge in [-0.25, -0.2) is 9.59 Å². The number of carbonyl (C=O) groups is 5. The van der Waals surface area contributed by atoms with Crippen LogP contribution in [0.4, 0.5) is 0 Å². The number of halogens is 1. The molecule has 2 aliphatic carbocycles. The second-order valence-electron chi connectivity index (χ2n) is 10.8. The van der Waals surface area contributed by atoms with Gasteiger partial charge in [0.1, 0.15) is 17.3 Å². The molecule has 238 valence electrons. The number of esters is 5. The number of hydrogen-bond donors (Lipinski definition) is 1. The van der Waals surface area contributed by atoms with Gasteiger partial charge in [-0.2, -0.15) is 0 Å². The number of carbonyl (C=O) groups excluding carboxylic acids is 5. The lowest BCUT2D eigenvalue weighted by Crippen LogP contribution is -2.68. The second-order valence-corrected chi connectivity index (χ2v) is 11.2. The highest BCUT2D eigenvalue weighted by Gasteiger charge is 2.71. The molecule has 1 saturated carbocycles. The van der Waals surface area contributed by atoms with Crippen molar-refractivity contribution >= 4 is 53.1 Å². The van der Waals surface area contributed by atoms with Crippen LogP contribution in [0.1, 0.15) is 24.5 Å². The number of ether oxygens (including phenoxy) is 5. The van der Waals surface area contributed by atoms with Gasteiger partial charge in [0, 0.05) is 10.9 Å². The van der Waals surface area contributed by atoms with Gasteiger partial charge in [-0.1, -0.05) is 61.0 Å². The fraction of sp³-hybridized carbons (Fsp3) is 0.364. The summed E-state index contributed by atoms with van der Waals surface area (Å²) in [5.41, 5.74) is -1.94. The summed E-state index contributed by atoms with van der Waals surface area (Å²) in [6.45, 7) is 1.61. The normalized spacial score (nSPS) is 25.9. The first kappa shape index (κ1) is 33.4. The van der Waals surface area contributed by atoms with Gasteiger partial charge in [0.05, 0.1) is 51.4 Å². The van der Waals surface area contributed by atoms with E-state index < -0.39 is 70.8 Å². The van der Waals surface area contributed by atoms with Gasteiger partial charge in [-0.15, -0.1) is 0 Å². The van der Waals surface area contributed by atoms with E-state index in [1.165, 1.54) is 6.08 Å². The summed E-state index contributed by atoms with van der Waals surface area (Å²) in [5, 5.41) is 12.9. The molecule has 11 nitrogen and oxygen atoms in total. The third kappa shape index (κ3) is 6.10. The molecule has 2 aromatic rings. The van der Waals surface area contributed by atoms with Crippen LogP contribution >= 0.6 is 11.6 Å². The maximum absolute atomic E-state index is 14.1. The molecule has 1 N–H and O–H groups in total. The van der Waals surface area contributed by atoms with Crippen LogP contribution in [0.5, 0.6) is 0 Å². The Morgan fingerprint density at radius 3 is 1.96 bits per heavy atom. The molecule has 0 amide bonds. The summed E-state index contributed by atoms with van der Waals surface area (Å²) in [6.07, 6.45) is 1.50. The van der Waals surface area contributed by atoms with Crippen LogP contribution in [0.25, 0.3) is 11.6 Å². The van der Waals surface area contributed by atoms with Gasteiger partial charge in [-0.05, 0) is 41.7 Å². The van der Waals surface area contributed by atoms with E-state index in [2.05, 4.69) is 0 Å². The van der Waals surface area contributed by atoms with Crippen molar-refractivity contribution in [1.82, 2.24) is 0 Å². The van der Waals surface area contributed by atoms with E-state index in [1.807, 2.05) is 0 Å². The fourth-order valence-corrected chi connectivity index (χ4v) is 6.64. The van der Waals surface area contributed by atoms with Crippen LogP contribution in [0, 0.1) is 29.6 Å². The minimum Gasteiger partial charge on any atom is -0.469 e. The molecular weight excluding hydrogens is 608 g/mol. The highest BCUT2D eigenvalue weighted by atomic mass is 35.5. The Hall–Kier alpha value is -4.48. The molecule has 0 saturated heterocycles. The van der Waals surface area contributed by atoms with Crippen molar-refractivity contribution in [3.63, 3.8) is 0 Å². The SMILES string of the molecule is COC(=O)C1=C(OC(=O)C(=Cc2ccccc2)c2ccc(Cl)cc2)C(C(=O)OC)[C@@]2(O)[C@@H](C(=O)OC)[C@H](C)C[C@@H]1[C@@H]2C(=O)OC. The Kier molecular flexibility index (Phi) is 10.1. The van der Waals surface area contributed by atoms with E-state index in [-0.39, 0.29) is 17.6 Å². The number of benzene rings is 2. The summed E-state index contributed by atoms with van der Waals surface area (Å²) in [7, 11) is 4.25. The minimum absolute atomic E-state index is 0.00308. The van der Waals surface area contributed by atoms with Gasteiger partial charge >= 0.3 is 29.8 Å². The lowest BCUT2D eigenvalue weighted by atomic mass is 9.50. The summed E-state index contributed by atoms with van der Waals surface area (Å²) in [6, 6.07) is 15.1. The van der Waals surface area contributed by atoms with Crippen LogP contribution in [0.2, 0.25) is 5.02 Å². The number of rotatable bonds is 8. The molecule has 45 heavy (non-hydrogen) atoms. The largest absolute Gasteiger partial charge is 0.469 e. The molecule has 12 heteroatoms. The van der Waals surface area contributed by atoms with E-state index in [0.717, 1.165) is 28.4 Å². The highest BCUT2D eigenvalue weighted by molar-refractivity contribution is 6.30. The lowest BCUT2D eigenvalue weighted by molar-refractivity contribution is -0.212. The highest BCUT2D eigenvalue weighted by Crippen LogP contribution is 2.58. The third-order valence-electron chi connectivity index (χ3n) is 8.40. The molecule has 0 spiro atoms. The Bertz CT molecular complexity index is 1550. The van der Waals surface area contributed by atoms with Crippen molar-refractivity contribution in [2.75, 3.05) is 28.4 Å². The van der Waals surface area contributed by atoms with Crippen LogP contribution < -0.4 is 0 Å². The van der Waals surface area contributed by atoms with E-state index >= 15 is 0 Å². The average molecular weight is 641 g/mol. The Morgan fingerprint density at radius 1 is 0.822 bits per heavy atom. The fourth-order valence-electron chi connectivity index (χ4n) is 6.51. The Labute approximate surface area is 264 Å². The predicted octanol–water partition coefficient (Wildman–Crippen LogP) is 3.62. The van der Waals surface area contributed by atoms with Crippen LogP contribution in [-0.4, -0.2) is 69.0 Å². The standard InChI is InChI=1S/C33H33ClO11/c1-17-15-22-23(29(36)41-2)27(26(32(39)44-5)33(40,24(17)30(37)42-3)25(22)31(38)43-4)45-28(35)21(16-18-9-7-6-8-10-18)19-11-13-20(34)14-12-19/h6-14,16-17,22,24-26,40H,15H2,1-5H3/t17-,22+,24-,25-,26?,33-/m1/s1. The number of aliphatic hydroxyl groups is 1. The molecule has 0 heterocycles. The molecule has 2 bridgehead atoms. The summed E-state index contributed by atoms with van der Waals surface area (Å²) in [4.78, 5) is 67.7. The van der Waals surface area contributed by atoms with Crippen molar-refractivity contribution in [1.29, 1.82) is 0 Å². The Balaban J connectivity index is 2.01. The first-order chi connectivity index (χ1) is 21.4. The van der Waals surface area contributed by atoms with Crippen molar-refractivity contribution in [2.24, 2.45) is 29.6 Å². The maximum atomic E-state index is 14.1. The minimum atomic E-state index is -2.60. The Morgan fingerprint density at radius 2 is 1.40 bits per heavy atom. The monoisotopic (exact) mass is 640 g/mol. The molecule has 0 aromatic heterocycles. The van der Waals surface area contributed by atoms with Gasteiger partial charge in [0.15, 0.2) is 0 Å². The smallest absolute Gasteiger partial charge is 0.343 e. The zero-order valence-corrected chi connectivity index (χ0v) is 26.0. The molecule has 1 fully saturated rings. The average Bonchev–Trinajstić information content (AvgIpc) is 3.03. The van der Waals surface area contributed by atoms with Gasteiger partial charge in [-0.3, -0.25) is 14.4 Å². The maximum Gasteiger partial charge on any atom is 0.343 e. The molecule has 4 rings (SSSR count).